The lowest BCUT2D eigenvalue weighted by Crippen LogP contribution is -2.57. The van der Waals surface area contributed by atoms with E-state index in [4.69, 9.17) is 9.84 Å². The fraction of sp³-hybridized carbons (Fsp3) is 1.00. The summed E-state index contributed by atoms with van der Waals surface area (Å²) in [5.41, 5.74) is -0.583. The van der Waals surface area contributed by atoms with Gasteiger partial charge in [0.05, 0.1) is 6.61 Å². The summed E-state index contributed by atoms with van der Waals surface area (Å²) < 4.78 is 5.29. The molecule has 5 nitrogen and oxygen atoms in total. The van der Waals surface area contributed by atoms with E-state index < -0.39 is 29.9 Å². The summed E-state index contributed by atoms with van der Waals surface area (Å²) in [6.45, 7) is 1.63. The smallest absolute Gasteiger partial charge is 0.132 e. The first-order valence-electron chi connectivity index (χ1n) is 5.04. The maximum Gasteiger partial charge on any atom is 0.132 e. The molecule has 90 valence electrons. The Morgan fingerprint density at radius 1 is 1.13 bits per heavy atom. The first kappa shape index (κ1) is 13.2. The molecule has 0 saturated carbocycles. The van der Waals surface area contributed by atoms with Crippen LogP contribution in [-0.2, 0) is 4.74 Å². The van der Waals surface area contributed by atoms with Gasteiger partial charge in [0.25, 0.3) is 0 Å². The number of aliphatic hydroxyl groups is 4. The first-order valence-corrected chi connectivity index (χ1v) is 6.08. The number of hydrogen-bond donors (Lipinski definition) is 4. The van der Waals surface area contributed by atoms with Gasteiger partial charge in [-0.1, -0.05) is 6.92 Å². The largest absolute Gasteiger partial charge is 0.394 e. The minimum absolute atomic E-state index is 0.367. The Morgan fingerprint density at radius 2 is 1.80 bits per heavy atom. The SMILES string of the molecule is CCCS[C@@H]1O[C@H](CO)[C@@H](O)[C@H](O)[C@H]1O. The Kier molecular flexibility index (Phi) is 5.31. The lowest BCUT2D eigenvalue weighted by Gasteiger charge is -2.39. The molecule has 0 aromatic carbocycles. The minimum atomic E-state index is -1.26. The predicted molar refractivity (Wildman–Crippen MR) is 56.5 cm³/mol. The lowest BCUT2D eigenvalue weighted by atomic mass is 10.0. The summed E-state index contributed by atoms with van der Waals surface area (Å²) in [5.74, 6) is 0.794. The van der Waals surface area contributed by atoms with Crippen molar-refractivity contribution < 1.29 is 25.2 Å². The molecule has 1 saturated heterocycles. The van der Waals surface area contributed by atoms with Crippen molar-refractivity contribution in [2.24, 2.45) is 0 Å². The van der Waals surface area contributed by atoms with E-state index >= 15 is 0 Å². The van der Waals surface area contributed by atoms with E-state index in [2.05, 4.69) is 0 Å². The van der Waals surface area contributed by atoms with Crippen LogP contribution in [-0.4, -0.2) is 62.6 Å². The highest BCUT2D eigenvalue weighted by Gasteiger charge is 2.43. The fourth-order valence-corrected chi connectivity index (χ4v) is 2.49. The monoisotopic (exact) mass is 238 g/mol. The number of hydrogen-bond acceptors (Lipinski definition) is 6. The van der Waals surface area contributed by atoms with Crippen molar-refractivity contribution >= 4 is 11.8 Å². The standard InChI is InChI=1S/C9H18O5S/c1-2-3-15-9-8(13)7(12)6(11)5(4-10)14-9/h5-13H,2-4H2,1H3/t5-,6-,7+,8-,9+/m1/s1. The van der Waals surface area contributed by atoms with Crippen molar-refractivity contribution in [3.8, 4) is 0 Å². The highest BCUT2D eigenvalue weighted by atomic mass is 32.2. The van der Waals surface area contributed by atoms with E-state index in [0.717, 1.165) is 12.2 Å². The molecule has 1 aliphatic rings. The van der Waals surface area contributed by atoms with E-state index in [1.807, 2.05) is 6.92 Å². The zero-order valence-electron chi connectivity index (χ0n) is 8.61. The van der Waals surface area contributed by atoms with Crippen LogP contribution in [0.25, 0.3) is 0 Å². The zero-order valence-corrected chi connectivity index (χ0v) is 9.43. The third-order valence-electron chi connectivity index (χ3n) is 2.33. The minimum Gasteiger partial charge on any atom is -0.394 e. The molecule has 1 aliphatic heterocycles. The van der Waals surface area contributed by atoms with Crippen LogP contribution in [0.4, 0.5) is 0 Å². The van der Waals surface area contributed by atoms with Crippen LogP contribution < -0.4 is 0 Å². The van der Waals surface area contributed by atoms with Gasteiger partial charge in [0.1, 0.15) is 29.9 Å². The number of aliphatic hydroxyl groups excluding tert-OH is 4. The maximum absolute atomic E-state index is 9.61. The summed E-state index contributed by atoms with van der Waals surface area (Å²) in [6, 6.07) is 0. The summed E-state index contributed by atoms with van der Waals surface area (Å²) in [4.78, 5) is 0. The molecular formula is C9H18O5S. The van der Waals surface area contributed by atoms with Crippen LogP contribution in [0.3, 0.4) is 0 Å². The summed E-state index contributed by atoms with van der Waals surface area (Å²) in [5, 5.41) is 37.5. The van der Waals surface area contributed by atoms with Gasteiger partial charge in [0.2, 0.25) is 0 Å². The number of thioether (sulfide) groups is 1. The molecule has 6 heteroatoms. The van der Waals surface area contributed by atoms with Gasteiger partial charge in [0, 0.05) is 0 Å². The zero-order chi connectivity index (χ0) is 11.4. The van der Waals surface area contributed by atoms with Crippen molar-refractivity contribution in [3.63, 3.8) is 0 Å². The van der Waals surface area contributed by atoms with Crippen LogP contribution in [0, 0.1) is 0 Å². The van der Waals surface area contributed by atoms with Crippen LogP contribution in [0.5, 0.6) is 0 Å². The van der Waals surface area contributed by atoms with E-state index in [-0.39, 0.29) is 6.61 Å². The van der Waals surface area contributed by atoms with Gasteiger partial charge in [0.15, 0.2) is 0 Å². The molecule has 0 aromatic rings. The Hall–Kier alpha value is 0.150. The van der Waals surface area contributed by atoms with Crippen LogP contribution in [0.2, 0.25) is 0 Å². The average Bonchev–Trinajstić information content (AvgIpc) is 2.25. The normalized spacial score (nSPS) is 41.8. The molecule has 5 atom stereocenters. The summed E-state index contributed by atoms with van der Waals surface area (Å²) in [7, 11) is 0. The molecule has 0 aliphatic carbocycles. The second kappa shape index (κ2) is 6.03. The van der Waals surface area contributed by atoms with Crippen molar-refractivity contribution in [1.29, 1.82) is 0 Å². The third kappa shape index (κ3) is 3.05. The van der Waals surface area contributed by atoms with Crippen molar-refractivity contribution in [2.45, 2.75) is 43.2 Å². The molecule has 0 unspecified atom stereocenters. The molecule has 0 spiro atoms. The Balaban J connectivity index is 2.57. The molecule has 4 N–H and O–H groups in total. The predicted octanol–water partition coefficient (Wildman–Crippen LogP) is -1.07. The molecule has 1 heterocycles. The molecule has 1 fully saturated rings. The van der Waals surface area contributed by atoms with Gasteiger partial charge in [-0.15, -0.1) is 11.8 Å². The van der Waals surface area contributed by atoms with Gasteiger partial charge in [-0.05, 0) is 12.2 Å². The first-order chi connectivity index (χ1) is 7.11. The summed E-state index contributed by atoms with van der Waals surface area (Å²) >= 11 is 1.38. The Labute approximate surface area is 93.1 Å². The fourth-order valence-electron chi connectivity index (χ4n) is 1.44. The Bertz CT molecular complexity index is 189. The van der Waals surface area contributed by atoms with Gasteiger partial charge >= 0.3 is 0 Å². The highest BCUT2D eigenvalue weighted by Crippen LogP contribution is 2.28. The molecule has 0 amide bonds. The van der Waals surface area contributed by atoms with Crippen LogP contribution in [0.1, 0.15) is 13.3 Å². The lowest BCUT2D eigenvalue weighted by molar-refractivity contribution is -0.205. The number of rotatable bonds is 4. The van der Waals surface area contributed by atoms with Gasteiger partial charge < -0.3 is 25.2 Å². The molecule has 15 heavy (non-hydrogen) atoms. The maximum atomic E-state index is 9.61. The molecular weight excluding hydrogens is 220 g/mol. The molecule has 1 rings (SSSR count). The second-order valence-corrected chi connectivity index (χ2v) is 4.77. The Morgan fingerprint density at radius 3 is 2.33 bits per heavy atom. The third-order valence-corrected chi connectivity index (χ3v) is 3.70. The average molecular weight is 238 g/mol. The van der Waals surface area contributed by atoms with Gasteiger partial charge in [-0.2, -0.15) is 0 Å². The molecule has 0 bridgehead atoms. The highest BCUT2D eigenvalue weighted by molar-refractivity contribution is 7.99. The molecule has 0 aromatic heterocycles. The number of ether oxygens (including phenoxy) is 1. The van der Waals surface area contributed by atoms with E-state index in [1.165, 1.54) is 11.8 Å². The van der Waals surface area contributed by atoms with Crippen LogP contribution >= 0.6 is 11.8 Å². The van der Waals surface area contributed by atoms with Crippen LogP contribution in [0.15, 0.2) is 0 Å². The van der Waals surface area contributed by atoms with Gasteiger partial charge in [-0.3, -0.25) is 0 Å². The quantitative estimate of drug-likeness (QED) is 0.498. The van der Waals surface area contributed by atoms with Crippen molar-refractivity contribution in [3.05, 3.63) is 0 Å². The molecule has 0 radical (unpaired) electrons. The van der Waals surface area contributed by atoms with Crippen molar-refractivity contribution in [2.75, 3.05) is 12.4 Å². The van der Waals surface area contributed by atoms with Crippen molar-refractivity contribution in [1.82, 2.24) is 0 Å². The van der Waals surface area contributed by atoms with E-state index in [1.54, 1.807) is 0 Å². The van der Waals surface area contributed by atoms with E-state index in [9.17, 15) is 15.3 Å². The second-order valence-electron chi connectivity index (χ2n) is 3.57. The summed E-state index contributed by atoms with van der Waals surface area (Å²) in [6.07, 6.45) is -3.49. The van der Waals surface area contributed by atoms with Gasteiger partial charge in [-0.25, -0.2) is 0 Å². The topological polar surface area (TPSA) is 90.2 Å². The van der Waals surface area contributed by atoms with E-state index in [0.29, 0.717) is 0 Å².